The summed E-state index contributed by atoms with van der Waals surface area (Å²) in [5.41, 5.74) is 1.66. The number of sulfonamides is 1. The Hall–Kier alpha value is -1.93. The first kappa shape index (κ1) is 15.5. The Morgan fingerprint density at radius 1 is 1.38 bits per heavy atom. The van der Waals surface area contributed by atoms with Crippen molar-refractivity contribution in [1.82, 2.24) is 19.9 Å². The van der Waals surface area contributed by atoms with E-state index in [0.29, 0.717) is 5.82 Å². The zero-order valence-electron chi connectivity index (χ0n) is 12.0. The van der Waals surface area contributed by atoms with Gasteiger partial charge in [0.25, 0.3) is 0 Å². The van der Waals surface area contributed by atoms with E-state index in [1.165, 1.54) is 18.3 Å². The predicted molar refractivity (Wildman–Crippen MR) is 80.4 cm³/mol. The molecule has 114 valence electrons. The minimum atomic E-state index is -3.57. The van der Waals surface area contributed by atoms with Crippen LogP contribution in [0.2, 0.25) is 0 Å². The van der Waals surface area contributed by atoms with Crippen molar-refractivity contribution in [1.29, 1.82) is 0 Å². The zero-order chi connectivity index (χ0) is 15.3. The van der Waals surface area contributed by atoms with Crippen LogP contribution in [0, 0.1) is 6.92 Å². The van der Waals surface area contributed by atoms with Crippen molar-refractivity contribution in [3.8, 4) is 0 Å². The average Bonchev–Trinajstić information content (AvgIpc) is 2.89. The van der Waals surface area contributed by atoms with Crippen LogP contribution < -0.4 is 10.0 Å². The summed E-state index contributed by atoms with van der Waals surface area (Å²) < 4.78 is 27.1. The lowest BCUT2D eigenvalue weighted by Gasteiger charge is -2.08. The fourth-order valence-electron chi connectivity index (χ4n) is 1.74. The minimum absolute atomic E-state index is 0.192. The third-order valence-corrected chi connectivity index (χ3v) is 4.38. The monoisotopic (exact) mass is 309 g/mol. The second-order valence-corrected chi connectivity index (χ2v) is 6.42. The Labute approximate surface area is 124 Å². The van der Waals surface area contributed by atoms with Crippen LogP contribution in [-0.4, -0.2) is 30.1 Å². The van der Waals surface area contributed by atoms with Gasteiger partial charge in [-0.15, -0.1) is 0 Å². The number of nitrogens with one attached hydrogen (secondary N) is 3. The molecule has 0 aliphatic heterocycles. The van der Waals surface area contributed by atoms with Crippen molar-refractivity contribution < 1.29 is 8.42 Å². The van der Waals surface area contributed by atoms with Gasteiger partial charge in [0.05, 0.1) is 11.1 Å². The van der Waals surface area contributed by atoms with Gasteiger partial charge in [0, 0.05) is 36.6 Å². The molecule has 7 nitrogen and oxygen atoms in total. The third-order valence-electron chi connectivity index (χ3n) is 2.98. The van der Waals surface area contributed by atoms with Crippen molar-refractivity contribution in [2.75, 3.05) is 11.9 Å². The highest BCUT2D eigenvalue weighted by Crippen LogP contribution is 2.13. The van der Waals surface area contributed by atoms with Gasteiger partial charge in [-0.1, -0.05) is 6.92 Å². The van der Waals surface area contributed by atoms with E-state index in [-0.39, 0.29) is 11.4 Å². The second kappa shape index (κ2) is 6.68. The smallest absolute Gasteiger partial charge is 0.241 e. The van der Waals surface area contributed by atoms with E-state index in [9.17, 15) is 8.42 Å². The lowest BCUT2D eigenvalue weighted by Crippen LogP contribution is -2.23. The first-order valence-corrected chi connectivity index (χ1v) is 8.19. The first-order chi connectivity index (χ1) is 10.0. The number of nitrogens with zero attached hydrogens (tertiary/aromatic N) is 2. The number of aryl methyl sites for hydroxylation is 1. The molecule has 0 radical (unpaired) electrons. The Morgan fingerprint density at radius 2 is 2.19 bits per heavy atom. The van der Waals surface area contributed by atoms with E-state index >= 15 is 0 Å². The maximum atomic E-state index is 12.3. The fraction of sp³-hybridized carbons (Fsp3) is 0.385. The summed E-state index contributed by atoms with van der Waals surface area (Å²) in [4.78, 5) is 4.29. The average molecular weight is 309 g/mol. The SMILES string of the molecule is CCCNc1cc(S(=O)(=O)NCc2cn[nH]c2C)ccn1. The van der Waals surface area contributed by atoms with Gasteiger partial charge in [-0.05, 0) is 19.4 Å². The number of H-pyrrole nitrogens is 1. The number of hydrogen-bond acceptors (Lipinski definition) is 5. The Morgan fingerprint density at radius 3 is 2.86 bits per heavy atom. The summed E-state index contributed by atoms with van der Waals surface area (Å²) in [5.74, 6) is 0.555. The van der Waals surface area contributed by atoms with Crippen LogP contribution in [0.15, 0.2) is 29.4 Å². The molecular weight excluding hydrogens is 290 g/mol. The lowest BCUT2D eigenvalue weighted by molar-refractivity contribution is 0.581. The van der Waals surface area contributed by atoms with E-state index in [1.807, 2.05) is 13.8 Å². The number of aromatic amines is 1. The normalized spacial score (nSPS) is 11.5. The molecule has 2 aromatic heterocycles. The van der Waals surface area contributed by atoms with Crippen molar-refractivity contribution in [3.05, 3.63) is 35.8 Å². The van der Waals surface area contributed by atoms with Gasteiger partial charge in [0.2, 0.25) is 10.0 Å². The molecule has 0 saturated heterocycles. The summed E-state index contributed by atoms with van der Waals surface area (Å²) >= 11 is 0. The van der Waals surface area contributed by atoms with Crippen LogP contribution >= 0.6 is 0 Å². The molecule has 0 amide bonds. The standard InChI is InChI=1S/C13H19N5O2S/c1-3-5-14-13-7-12(4-6-15-13)21(19,20)17-9-11-8-16-18-10(11)2/h4,6-8,17H,3,5,9H2,1-2H3,(H,14,15)(H,16,18). The molecular formula is C13H19N5O2S. The number of anilines is 1. The maximum Gasteiger partial charge on any atom is 0.241 e. The Balaban J connectivity index is 2.10. The molecule has 0 fully saturated rings. The quantitative estimate of drug-likeness (QED) is 0.718. The lowest BCUT2D eigenvalue weighted by atomic mass is 10.3. The Bertz CT molecular complexity index is 696. The molecule has 8 heteroatoms. The Kier molecular flexibility index (Phi) is 4.92. The van der Waals surface area contributed by atoms with Gasteiger partial charge >= 0.3 is 0 Å². The van der Waals surface area contributed by atoms with Gasteiger partial charge in [0.1, 0.15) is 5.82 Å². The molecule has 0 spiro atoms. The summed E-state index contributed by atoms with van der Waals surface area (Å²) in [5, 5.41) is 9.70. The van der Waals surface area contributed by atoms with Gasteiger partial charge < -0.3 is 5.32 Å². The summed E-state index contributed by atoms with van der Waals surface area (Å²) in [6.45, 7) is 4.82. The number of hydrogen-bond donors (Lipinski definition) is 3. The zero-order valence-corrected chi connectivity index (χ0v) is 12.9. The van der Waals surface area contributed by atoms with Crippen molar-refractivity contribution in [2.24, 2.45) is 0 Å². The highest BCUT2D eigenvalue weighted by atomic mass is 32.2. The summed E-state index contributed by atoms with van der Waals surface area (Å²) in [6, 6.07) is 3.00. The number of rotatable bonds is 7. The van der Waals surface area contributed by atoms with E-state index < -0.39 is 10.0 Å². The van der Waals surface area contributed by atoms with Crippen molar-refractivity contribution >= 4 is 15.8 Å². The van der Waals surface area contributed by atoms with Gasteiger partial charge in [-0.2, -0.15) is 5.10 Å². The van der Waals surface area contributed by atoms with Crippen LogP contribution in [-0.2, 0) is 16.6 Å². The molecule has 0 bridgehead atoms. The van der Waals surface area contributed by atoms with Crippen LogP contribution in [0.5, 0.6) is 0 Å². The molecule has 0 atom stereocenters. The third kappa shape index (κ3) is 4.02. The highest BCUT2D eigenvalue weighted by Gasteiger charge is 2.15. The molecule has 0 aromatic carbocycles. The fourth-order valence-corrected chi connectivity index (χ4v) is 2.76. The molecule has 2 rings (SSSR count). The van der Waals surface area contributed by atoms with Crippen LogP contribution in [0.1, 0.15) is 24.6 Å². The summed E-state index contributed by atoms with van der Waals surface area (Å²) in [6.07, 6.45) is 4.03. The predicted octanol–water partition coefficient (Wildman–Crippen LogP) is 1.41. The van der Waals surface area contributed by atoms with Crippen LogP contribution in [0.3, 0.4) is 0 Å². The molecule has 0 aliphatic carbocycles. The van der Waals surface area contributed by atoms with Crippen LogP contribution in [0.4, 0.5) is 5.82 Å². The molecule has 3 N–H and O–H groups in total. The van der Waals surface area contributed by atoms with E-state index in [1.54, 1.807) is 6.20 Å². The summed E-state index contributed by atoms with van der Waals surface area (Å²) in [7, 11) is -3.57. The largest absolute Gasteiger partial charge is 0.370 e. The van der Waals surface area contributed by atoms with E-state index in [2.05, 4.69) is 25.2 Å². The topological polar surface area (TPSA) is 99.8 Å². The molecule has 0 saturated carbocycles. The van der Waals surface area contributed by atoms with Crippen molar-refractivity contribution in [2.45, 2.75) is 31.7 Å². The van der Waals surface area contributed by atoms with Gasteiger partial charge in [0.15, 0.2) is 0 Å². The first-order valence-electron chi connectivity index (χ1n) is 6.71. The number of pyridine rings is 1. The van der Waals surface area contributed by atoms with E-state index in [0.717, 1.165) is 24.2 Å². The molecule has 21 heavy (non-hydrogen) atoms. The van der Waals surface area contributed by atoms with Gasteiger partial charge in [-0.3, -0.25) is 5.10 Å². The highest BCUT2D eigenvalue weighted by molar-refractivity contribution is 7.89. The maximum absolute atomic E-state index is 12.3. The van der Waals surface area contributed by atoms with Crippen LogP contribution in [0.25, 0.3) is 0 Å². The second-order valence-electron chi connectivity index (χ2n) is 4.65. The molecule has 0 unspecified atom stereocenters. The van der Waals surface area contributed by atoms with Crippen molar-refractivity contribution in [3.63, 3.8) is 0 Å². The van der Waals surface area contributed by atoms with Gasteiger partial charge in [-0.25, -0.2) is 18.1 Å². The van der Waals surface area contributed by atoms with E-state index in [4.69, 9.17) is 0 Å². The molecule has 2 aromatic rings. The number of aromatic nitrogens is 3. The molecule has 0 aliphatic rings. The minimum Gasteiger partial charge on any atom is -0.370 e. The molecule has 2 heterocycles.